The molecule has 0 aliphatic carbocycles. The zero-order valence-corrected chi connectivity index (χ0v) is 13.5. The van der Waals surface area contributed by atoms with Gasteiger partial charge in [0.2, 0.25) is 5.91 Å². The van der Waals surface area contributed by atoms with Gasteiger partial charge in [-0.15, -0.1) is 0 Å². The second-order valence-electron chi connectivity index (χ2n) is 7.48. The fraction of sp³-hybridized carbons (Fsp3) is 0.938. The van der Waals surface area contributed by atoms with Crippen molar-refractivity contribution in [2.45, 2.75) is 52.5 Å². The van der Waals surface area contributed by atoms with Crippen LogP contribution >= 0.6 is 0 Å². The van der Waals surface area contributed by atoms with E-state index >= 15 is 0 Å². The molecule has 2 saturated heterocycles. The Labute approximate surface area is 123 Å². The van der Waals surface area contributed by atoms with Crippen LogP contribution in [0.4, 0.5) is 0 Å². The van der Waals surface area contributed by atoms with Gasteiger partial charge in [-0.25, -0.2) is 0 Å². The van der Waals surface area contributed by atoms with E-state index < -0.39 is 0 Å². The largest absolute Gasteiger partial charge is 0.339 e. The van der Waals surface area contributed by atoms with Crippen LogP contribution in [-0.4, -0.2) is 61.0 Å². The predicted octanol–water partition coefficient (Wildman–Crippen LogP) is 1.71. The molecule has 2 fully saturated rings. The van der Waals surface area contributed by atoms with Crippen LogP contribution in [0.3, 0.4) is 0 Å². The fourth-order valence-electron chi connectivity index (χ4n) is 2.97. The van der Waals surface area contributed by atoms with Crippen molar-refractivity contribution >= 4 is 5.91 Å². The highest BCUT2D eigenvalue weighted by Gasteiger charge is 2.28. The molecule has 0 aromatic rings. The van der Waals surface area contributed by atoms with Gasteiger partial charge >= 0.3 is 0 Å². The molecule has 116 valence electrons. The highest BCUT2D eigenvalue weighted by Crippen LogP contribution is 2.19. The van der Waals surface area contributed by atoms with Gasteiger partial charge in [0.05, 0.1) is 6.04 Å². The van der Waals surface area contributed by atoms with Crippen LogP contribution in [0, 0.1) is 5.41 Å². The van der Waals surface area contributed by atoms with E-state index in [1.807, 2.05) is 0 Å². The van der Waals surface area contributed by atoms with Gasteiger partial charge in [0.1, 0.15) is 0 Å². The molecule has 4 heteroatoms. The molecule has 0 radical (unpaired) electrons. The monoisotopic (exact) mass is 281 g/mol. The molecule has 1 unspecified atom stereocenters. The first-order chi connectivity index (χ1) is 9.46. The third-order valence-electron chi connectivity index (χ3n) is 4.47. The second kappa shape index (κ2) is 6.90. The fourth-order valence-corrected chi connectivity index (χ4v) is 2.97. The lowest BCUT2D eigenvalue weighted by molar-refractivity contribution is -0.135. The number of piperazine rings is 1. The summed E-state index contributed by atoms with van der Waals surface area (Å²) in [5, 5.41) is 3.37. The van der Waals surface area contributed by atoms with E-state index in [0.717, 1.165) is 45.7 Å². The predicted molar refractivity (Wildman–Crippen MR) is 82.7 cm³/mol. The highest BCUT2D eigenvalue weighted by molar-refractivity contribution is 5.82. The Bertz CT molecular complexity index is 310. The van der Waals surface area contributed by atoms with E-state index in [0.29, 0.717) is 11.3 Å². The number of piperidine rings is 1. The van der Waals surface area contributed by atoms with Crippen molar-refractivity contribution in [3.8, 4) is 0 Å². The van der Waals surface area contributed by atoms with Crippen LogP contribution in [0.5, 0.6) is 0 Å². The van der Waals surface area contributed by atoms with E-state index in [2.05, 4.69) is 35.9 Å². The van der Waals surface area contributed by atoms with E-state index in [1.54, 1.807) is 0 Å². The van der Waals surface area contributed by atoms with Crippen molar-refractivity contribution in [2.24, 2.45) is 5.41 Å². The number of hydrogen-bond donors (Lipinski definition) is 1. The number of nitrogens with one attached hydrogen (secondary N) is 1. The highest BCUT2D eigenvalue weighted by atomic mass is 16.2. The van der Waals surface area contributed by atoms with Gasteiger partial charge in [0.25, 0.3) is 0 Å². The molecule has 2 rings (SSSR count). The van der Waals surface area contributed by atoms with Crippen molar-refractivity contribution in [3.63, 3.8) is 0 Å². The van der Waals surface area contributed by atoms with Crippen molar-refractivity contribution in [1.29, 1.82) is 0 Å². The molecule has 2 aliphatic rings. The molecule has 0 aromatic heterocycles. The van der Waals surface area contributed by atoms with Crippen LogP contribution in [0.1, 0.15) is 46.5 Å². The van der Waals surface area contributed by atoms with Gasteiger partial charge in [-0.2, -0.15) is 0 Å². The van der Waals surface area contributed by atoms with Crippen molar-refractivity contribution in [1.82, 2.24) is 15.1 Å². The Balaban J connectivity index is 1.72. The average molecular weight is 281 g/mol. The smallest absolute Gasteiger partial charge is 0.239 e. The second-order valence-corrected chi connectivity index (χ2v) is 7.48. The zero-order valence-electron chi connectivity index (χ0n) is 13.5. The summed E-state index contributed by atoms with van der Waals surface area (Å²) in [6.07, 6.45) is 4.65. The molecule has 1 N–H and O–H groups in total. The Morgan fingerprint density at radius 2 is 1.85 bits per heavy atom. The summed E-state index contributed by atoms with van der Waals surface area (Å²) in [5.41, 5.74) is 0.402. The van der Waals surface area contributed by atoms with E-state index in [4.69, 9.17) is 0 Å². The average Bonchev–Trinajstić information content (AvgIpc) is 2.45. The SMILES string of the molecule is CC(C)(C)CCN1CCN(C(=O)C2CCCCN2)CC1. The molecule has 0 spiro atoms. The maximum absolute atomic E-state index is 12.4. The maximum Gasteiger partial charge on any atom is 0.239 e. The van der Waals surface area contributed by atoms with Crippen molar-refractivity contribution in [3.05, 3.63) is 0 Å². The first-order valence-electron chi connectivity index (χ1n) is 8.20. The van der Waals surface area contributed by atoms with Gasteiger partial charge in [-0.3, -0.25) is 9.69 Å². The minimum Gasteiger partial charge on any atom is -0.339 e. The molecule has 0 saturated carbocycles. The van der Waals surface area contributed by atoms with Gasteiger partial charge in [0.15, 0.2) is 0 Å². The number of rotatable bonds is 3. The number of hydrogen-bond acceptors (Lipinski definition) is 3. The maximum atomic E-state index is 12.4. The van der Waals surface area contributed by atoms with E-state index in [9.17, 15) is 4.79 Å². The normalized spacial score (nSPS) is 25.8. The molecule has 20 heavy (non-hydrogen) atoms. The Kier molecular flexibility index (Phi) is 5.44. The standard InChI is InChI=1S/C16H31N3O/c1-16(2,3)7-9-18-10-12-19(13-11-18)15(20)14-6-4-5-8-17-14/h14,17H,4-13H2,1-3H3. The first-order valence-corrected chi connectivity index (χ1v) is 8.20. The summed E-state index contributed by atoms with van der Waals surface area (Å²) < 4.78 is 0. The Morgan fingerprint density at radius 3 is 2.40 bits per heavy atom. The number of nitrogens with zero attached hydrogens (tertiary/aromatic N) is 2. The third-order valence-corrected chi connectivity index (χ3v) is 4.47. The quantitative estimate of drug-likeness (QED) is 0.855. The minimum atomic E-state index is 0.0878. The van der Waals surface area contributed by atoms with Crippen LogP contribution in [-0.2, 0) is 4.79 Å². The van der Waals surface area contributed by atoms with Crippen molar-refractivity contribution < 1.29 is 4.79 Å². The summed E-state index contributed by atoms with van der Waals surface area (Å²) in [6, 6.07) is 0.0878. The van der Waals surface area contributed by atoms with E-state index in [1.165, 1.54) is 19.3 Å². The Hall–Kier alpha value is -0.610. The number of carbonyl (C=O) groups is 1. The first kappa shape index (κ1) is 15.8. The van der Waals surface area contributed by atoms with Crippen LogP contribution in [0.15, 0.2) is 0 Å². The van der Waals surface area contributed by atoms with Gasteiger partial charge in [-0.05, 0) is 37.8 Å². The molecule has 0 aromatic carbocycles. The molecule has 4 nitrogen and oxygen atoms in total. The summed E-state index contributed by atoms with van der Waals surface area (Å²) >= 11 is 0. The molecule has 0 bridgehead atoms. The molecule has 1 atom stereocenters. The van der Waals surface area contributed by atoms with E-state index in [-0.39, 0.29) is 6.04 Å². The summed E-state index contributed by atoms with van der Waals surface area (Å²) in [7, 11) is 0. The van der Waals surface area contributed by atoms with Gasteiger partial charge in [0, 0.05) is 26.2 Å². The third kappa shape index (κ3) is 4.74. The van der Waals surface area contributed by atoms with Crippen LogP contribution in [0.25, 0.3) is 0 Å². The lowest BCUT2D eigenvalue weighted by Crippen LogP contribution is -2.55. The molecular formula is C16H31N3O. The molecule has 1 amide bonds. The zero-order chi connectivity index (χ0) is 14.6. The van der Waals surface area contributed by atoms with Crippen LogP contribution in [0.2, 0.25) is 0 Å². The number of amides is 1. The minimum absolute atomic E-state index is 0.0878. The van der Waals surface area contributed by atoms with Crippen molar-refractivity contribution in [2.75, 3.05) is 39.3 Å². The summed E-state index contributed by atoms with van der Waals surface area (Å²) in [4.78, 5) is 17.0. The van der Waals surface area contributed by atoms with Gasteiger partial charge in [-0.1, -0.05) is 27.2 Å². The topological polar surface area (TPSA) is 35.6 Å². The molecular weight excluding hydrogens is 250 g/mol. The molecule has 2 aliphatic heterocycles. The summed E-state index contributed by atoms with van der Waals surface area (Å²) in [5.74, 6) is 0.333. The lowest BCUT2D eigenvalue weighted by atomic mass is 9.92. The molecule has 2 heterocycles. The van der Waals surface area contributed by atoms with Gasteiger partial charge < -0.3 is 10.2 Å². The lowest BCUT2D eigenvalue weighted by Gasteiger charge is -2.38. The Morgan fingerprint density at radius 1 is 1.15 bits per heavy atom. The number of carbonyl (C=O) groups excluding carboxylic acids is 1. The van der Waals surface area contributed by atoms with Crippen LogP contribution < -0.4 is 5.32 Å². The summed E-state index contributed by atoms with van der Waals surface area (Å²) in [6.45, 7) is 12.9.